The van der Waals surface area contributed by atoms with Gasteiger partial charge in [-0.05, 0) is 35.1 Å². The van der Waals surface area contributed by atoms with Crippen LogP contribution in [0.25, 0.3) is 0 Å². The standard InChI is InChI=1S/C16H18BrNOS/c1-11(2)16(14-4-3-9-20-14)18-15(19)10-12-5-7-13(17)8-6-12/h3-9,11,16H,10H2,1-2H3,(H,18,19). The van der Waals surface area contributed by atoms with E-state index >= 15 is 0 Å². The third-order valence-electron chi connectivity index (χ3n) is 3.11. The lowest BCUT2D eigenvalue weighted by Crippen LogP contribution is -2.32. The van der Waals surface area contributed by atoms with Crippen molar-refractivity contribution in [3.63, 3.8) is 0 Å². The molecule has 0 saturated carbocycles. The van der Waals surface area contributed by atoms with Crippen LogP contribution in [0.5, 0.6) is 0 Å². The van der Waals surface area contributed by atoms with Gasteiger partial charge in [0.1, 0.15) is 0 Å². The van der Waals surface area contributed by atoms with Crippen molar-refractivity contribution < 1.29 is 4.79 Å². The second kappa shape index (κ2) is 7.04. The fourth-order valence-electron chi connectivity index (χ4n) is 2.05. The molecule has 0 fully saturated rings. The third kappa shape index (κ3) is 4.18. The fraction of sp³-hybridized carbons (Fsp3) is 0.312. The number of benzene rings is 1. The Labute approximate surface area is 132 Å². The first-order chi connectivity index (χ1) is 9.56. The molecular weight excluding hydrogens is 334 g/mol. The number of rotatable bonds is 5. The fourth-order valence-corrected chi connectivity index (χ4v) is 3.26. The van der Waals surface area contributed by atoms with Crippen molar-refractivity contribution in [1.82, 2.24) is 5.32 Å². The molecule has 1 aromatic heterocycles. The van der Waals surface area contributed by atoms with E-state index in [0.29, 0.717) is 12.3 Å². The molecule has 1 amide bonds. The molecule has 1 atom stereocenters. The minimum Gasteiger partial charge on any atom is -0.348 e. The quantitative estimate of drug-likeness (QED) is 0.839. The van der Waals surface area contributed by atoms with Crippen LogP contribution in [0, 0.1) is 5.92 Å². The van der Waals surface area contributed by atoms with E-state index in [-0.39, 0.29) is 11.9 Å². The molecule has 0 aliphatic heterocycles. The first-order valence-corrected chi connectivity index (χ1v) is 8.30. The highest BCUT2D eigenvalue weighted by molar-refractivity contribution is 9.10. The molecule has 0 radical (unpaired) electrons. The van der Waals surface area contributed by atoms with Crippen LogP contribution in [0.2, 0.25) is 0 Å². The summed E-state index contributed by atoms with van der Waals surface area (Å²) < 4.78 is 1.03. The predicted molar refractivity (Wildman–Crippen MR) is 87.9 cm³/mol. The molecular formula is C16H18BrNOS. The van der Waals surface area contributed by atoms with Crippen LogP contribution in [0.1, 0.15) is 30.3 Å². The first-order valence-electron chi connectivity index (χ1n) is 6.63. The summed E-state index contributed by atoms with van der Waals surface area (Å²) in [6.07, 6.45) is 0.419. The Kier molecular flexibility index (Phi) is 5.38. The average molecular weight is 352 g/mol. The Hall–Kier alpha value is -1.13. The predicted octanol–water partition coefficient (Wildman–Crippen LogP) is 4.57. The third-order valence-corrected chi connectivity index (χ3v) is 4.59. The van der Waals surface area contributed by atoms with Gasteiger partial charge in [-0.1, -0.05) is 48.0 Å². The lowest BCUT2D eigenvalue weighted by atomic mass is 10.0. The number of hydrogen-bond donors (Lipinski definition) is 1. The zero-order valence-corrected chi connectivity index (χ0v) is 14.0. The second-order valence-corrected chi connectivity index (χ2v) is 7.00. The molecule has 1 heterocycles. The van der Waals surface area contributed by atoms with E-state index in [9.17, 15) is 4.79 Å². The molecule has 0 spiro atoms. The van der Waals surface area contributed by atoms with E-state index in [0.717, 1.165) is 10.0 Å². The molecule has 106 valence electrons. The Morgan fingerprint density at radius 2 is 1.95 bits per heavy atom. The van der Waals surface area contributed by atoms with Crippen LogP contribution in [0.15, 0.2) is 46.3 Å². The summed E-state index contributed by atoms with van der Waals surface area (Å²) >= 11 is 5.09. The summed E-state index contributed by atoms with van der Waals surface area (Å²) in [5, 5.41) is 5.19. The Morgan fingerprint density at radius 3 is 2.50 bits per heavy atom. The number of thiophene rings is 1. The van der Waals surface area contributed by atoms with Crippen LogP contribution < -0.4 is 5.32 Å². The summed E-state index contributed by atoms with van der Waals surface area (Å²) in [5.74, 6) is 0.446. The highest BCUT2D eigenvalue weighted by Crippen LogP contribution is 2.25. The van der Waals surface area contributed by atoms with E-state index < -0.39 is 0 Å². The lowest BCUT2D eigenvalue weighted by molar-refractivity contribution is -0.121. The zero-order valence-electron chi connectivity index (χ0n) is 11.6. The molecule has 2 aromatic rings. The maximum absolute atomic E-state index is 12.2. The highest BCUT2D eigenvalue weighted by Gasteiger charge is 2.19. The smallest absolute Gasteiger partial charge is 0.224 e. The number of nitrogens with one attached hydrogen (secondary N) is 1. The molecule has 0 saturated heterocycles. The summed E-state index contributed by atoms with van der Waals surface area (Å²) in [5.41, 5.74) is 1.03. The highest BCUT2D eigenvalue weighted by atomic mass is 79.9. The number of carbonyl (C=O) groups is 1. The van der Waals surface area contributed by atoms with Crippen molar-refractivity contribution in [2.45, 2.75) is 26.3 Å². The van der Waals surface area contributed by atoms with Crippen LogP contribution in [0.3, 0.4) is 0 Å². The van der Waals surface area contributed by atoms with Gasteiger partial charge in [-0.25, -0.2) is 0 Å². The van der Waals surface area contributed by atoms with Gasteiger partial charge in [-0.2, -0.15) is 0 Å². The molecule has 1 N–H and O–H groups in total. The average Bonchev–Trinajstić information content (AvgIpc) is 2.92. The Balaban J connectivity index is 2.00. The van der Waals surface area contributed by atoms with E-state index in [1.54, 1.807) is 11.3 Å². The van der Waals surface area contributed by atoms with Gasteiger partial charge >= 0.3 is 0 Å². The van der Waals surface area contributed by atoms with E-state index in [1.807, 2.05) is 35.7 Å². The van der Waals surface area contributed by atoms with Crippen molar-refractivity contribution in [1.29, 1.82) is 0 Å². The van der Waals surface area contributed by atoms with Crippen LogP contribution >= 0.6 is 27.3 Å². The van der Waals surface area contributed by atoms with Gasteiger partial charge in [0.25, 0.3) is 0 Å². The van der Waals surface area contributed by atoms with Crippen molar-refractivity contribution in [3.8, 4) is 0 Å². The largest absolute Gasteiger partial charge is 0.348 e. The van der Waals surface area contributed by atoms with E-state index in [1.165, 1.54) is 4.88 Å². The van der Waals surface area contributed by atoms with Gasteiger partial charge in [0.05, 0.1) is 12.5 Å². The van der Waals surface area contributed by atoms with Gasteiger partial charge in [-0.15, -0.1) is 11.3 Å². The van der Waals surface area contributed by atoms with Gasteiger partial charge in [-0.3, -0.25) is 4.79 Å². The molecule has 1 unspecified atom stereocenters. The van der Waals surface area contributed by atoms with E-state index in [4.69, 9.17) is 0 Å². The number of amides is 1. The summed E-state index contributed by atoms with van der Waals surface area (Å²) in [4.78, 5) is 13.4. The SMILES string of the molecule is CC(C)C(NC(=O)Cc1ccc(Br)cc1)c1cccs1. The second-order valence-electron chi connectivity index (χ2n) is 5.11. The van der Waals surface area contributed by atoms with Crippen LogP contribution in [0.4, 0.5) is 0 Å². The maximum Gasteiger partial charge on any atom is 0.224 e. The zero-order chi connectivity index (χ0) is 14.5. The van der Waals surface area contributed by atoms with Crippen LogP contribution in [-0.2, 0) is 11.2 Å². The van der Waals surface area contributed by atoms with Crippen molar-refractivity contribution in [2.75, 3.05) is 0 Å². The number of halogens is 1. The summed E-state index contributed by atoms with van der Waals surface area (Å²) in [6, 6.07) is 12.1. The Morgan fingerprint density at radius 1 is 1.25 bits per heavy atom. The molecule has 2 nitrogen and oxygen atoms in total. The van der Waals surface area contributed by atoms with Crippen LogP contribution in [-0.4, -0.2) is 5.91 Å². The minimum absolute atomic E-state index is 0.0689. The molecule has 4 heteroatoms. The van der Waals surface area contributed by atoms with Crippen molar-refractivity contribution in [2.24, 2.45) is 5.92 Å². The number of carbonyl (C=O) groups excluding carboxylic acids is 1. The molecule has 1 aromatic carbocycles. The van der Waals surface area contributed by atoms with Crippen molar-refractivity contribution in [3.05, 3.63) is 56.7 Å². The van der Waals surface area contributed by atoms with Crippen molar-refractivity contribution >= 4 is 33.2 Å². The lowest BCUT2D eigenvalue weighted by Gasteiger charge is -2.21. The Bertz CT molecular complexity index is 548. The normalized spacial score (nSPS) is 12.4. The maximum atomic E-state index is 12.2. The molecule has 0 aliphatic carbocycles. The van der Waals surface area contributed by atoms with Gasteiger partial charge in [0.2, 0.25) is 5.91 Å². The molecule has 2 rings (SSSR count). The molecule has 0 aliphatic rings. The summed E-state index contributed by atoms with van der Waals surface area (Å²) in [7, 11) is 0. The minimum atomic E-state index is 0.0689. The number of hydrogen-bond acceptors (Lipinski definition) is 2. The van der Waals surface area contributed by atoms with E-state index in [2.05, 4.69) is 41.2 Å². The summed E-state index contributed by atoms with van der Waals surface area (Å²) in [6.45, 7) is 4.26. The van der Waals surface area contributed by atoms with Gasteiger partial charge in [0, 0.05) is 9.35 Å². The topological polar surface area (TPSA) is 29.1 Å². The monoisotopic (exact) mass is 351 g/mol. The molecule has 0 bridgehead atoms. The van der Waals surface area contributed by atoms with Gasteiger partial charge in [0.15, 0.2) is 0 Å². The van der Waals surface area contributed by atoms with Gasteiger partial charge < -0.3 is 5.32 Å². The first kappa shape index (κ1) is 15.3. The molecule has 20 heavy (non-hydrogen) atoms.